The Morgan fingerprint density at radius 3 is 2.50 bits per heavy atom. The second-order valence-electron chi connectivity index (χ2n) is 3.90. The molecule has 4 nitrogen and oxygen atoms in total. The fraction of sp³-hybridized carbons (Fsp3) is 0. The van der Waals surface area contributed by atoms with Gasteiger partial charge in [-0.25, -0.2) is 4.79 Å². The molecule has 0 aliphatic carbocycles. The Labute approximate surface area is 125 Å². The number of nitrogens with one attached hydrogen (secondary N) is 1. The highest BCUT2D eigenvalue weighted by Crippen LogP contribution is 2.24. The van der Waals surface area contributed by atoms with E-state index in [1.54, 1.807) is 36.5 Å². The predicted molar refractivity (Wildman–Crippen MR) is 81.1 cm³/mol. The van der Waals surface area contributed by atoms with Crippen LogP contribution in [0.5, 0.6) is 0 Å². The molecule has 0 heterocycles. The molecule has 0 amide bonds. The van der Waals surface area contributed by atoms with Gasteiger partial charge in [0.15, 0.2) is 0 Å². The first-order chi connectivity index (χ1) is 9.58. The summed E-state index contributed by atoms with van der Waals surface area (Å²) in [5.41, 5.74) is 4.36. The maximum Gasteiger partial charge on any atom is 0.335 e. The van der Waals surface area contributed by atoms with Gasteiger partial charge in [-0.2, -0.15) is 5.10 Å². The zero-order valence-electron chi connectivity index (χ0n) is 10.2. The second-order valence-corrected chi connectivity index (χ2v) is 4.68. The monoisotopic (exact) mass is 308 g/mol. The number of benzene rings is 2. The van der Waals surface area contributed by atoms with Gasteiger partial charge < -0.3 is 5.11 Å². The van der Waals surface area contributed by atoms with Gasteiger partial charge in [-0.3, -0.25) is 5.43 Å². The molecule has 0 radical (unpaired) electrons. The lowest BCUT2D eigenvalue weighted by Gasteiger charge is -2.02. The Bertz CT molecular complexity index is 655. The Balaban J connectivity index is 2.06. The summed E-state index contributed by atoms with van der Waals surface area (Å²) in [6.07, 6.45) is 1.54. The van der Waals surface area contributed by atoms with Gasteiger partial charge in [-0.05, 0) is 30.3 Å². The standard InChI is InChI=1S/C14H10Cl2N2O2/c15-12-3-1-2-10(13(12)16)8-17-18-11-6-4-9(5-7-11)14(19)20/h1-8,18H,(H,19,20)/b17-8+. The van der Waals surface area contributed by atoms with E-state index in [0.717, 1.165) is 0 Å². The van der Waals surface area contributed by atoms with Crippen molar-refractivity contribution in [2.75, 3.05) is 5.43 Å². The average Bonchev–Trinajstić information content (AvgIpc) is 2.44. The number of carboxylic acids is 1. The number of hydrogen-bond donors (Lipinski definition) is 2. The lowest BCUT2D eigenvalue weighted by Crippen LogP contribution is -1.96. The highest BCUT2D eigenvalue weighted by Gasteiger charge is 2.02. The molecule has 0 bridgehead atoms. The molecule has 2 rings (SSSR count). The van der Waals surface area contributed by atoms with E-state index in [-0.39, 0.29) is 5.56 Å². The molecule has 0 aromatic heterocycles. The molecular formula is C14H10Cl2N2O2. The minimum absolute atomic E-state index is 0.220. The summed E-state index contributed by atoms with van der Waals surface area (Å²) in [7, 11) is 0. The van der Waals surface area contributed by atoms with Crippen LogP contribution in [0.25, 0.3) is 0 Å². The van der Waals surface area contributed by atoms with Crippen molar-refractivity contribution in [3.05, 3.63) is 63.6 Å². The third kappa shape index (κ3) is 3.50. The van der Waals surface area contributed by atoms with E-state index in [9.17, 15) is 4.79 Å². The smallest absolute Gasteiger partial charge is 0.335 e. The lowest BCUT2D eigenvalue weighted by atomic mass is 10.2. The number of hydrogen-bond acceptors (Lipinski definition) is 3. The molecule has 20 heavy (non-hydrogen) atoms. The van der Waals surface area contributed by atoms with Crippen molar-refractivity contribution in [2.24, 2.45) is 5.10 Å². The van der Waals surface area contributed by atoms with Gasteiger partial charge in [0, 0.05) is 5.56 Å². The maximum absolute atomic E-state index is 10.7. The molecule has 0 saturated heterocycles. The van der Waals surface area contributed by atoms with Crippen molar-refractivity contribution in [2.45, 2.75) is 0 Å². The van der Waals surface area contributed by atoms with Crippen LogP contribution in [0.1, 0.15) is 15.9 Å². The van der Waals surface area contributed by atoms with E-state index in [4.69, 9.17) is 28.3 Å². The second kappa shape index (κ2) is 6.41. The van der Waals surface area contributed by atoms with Crippen LogP contribution < -0.4 is 5.43 Å². The van der Waals surface area contributed by atoms with Gasteiger partial charge in [-0.1, -0.05) is 35.3 Å². The number of carboxylic acid groups (broad SMARTS) is 1. The fourth-order valence-electron chi connectivity index (χ4n) is 1.48. The largest absolute Gasteiger partial charge is 0.478 e. The van der Waals surface area contributed by atoms with Gasteiger partial charge in [0.05, 0.1) is 27.5 Å². The molecule has 6 heteroatoms. The summed E-state index contributed by atoms with van der Waals surface area (Å²) < 4.78 is 0. The number of hydrazone groups is 1. The Hall–Kier alpha value is -2.04. The molecule has 0 fully saturated rings. The predicted octanol–water partition coefficient (Wildman–Crippen LogP) is 4.14. The minimum Gasteiger partial charge on any atom is -0.478 e. The number of nitrogens with zero attached hydrogens (tertiary/aromatic N) is 1. The van der Waals surface area contributed by atoms with Crippen LogP contribution in [0.2, 0.25) is 10.0 Å². The number of aromatic carboxylic acids is 1. The minimum atomic E-state index is -0.967. The van der Waals surface area contributed by atoms with E-state index in [1.807, 2.05) is 0 Å². The highest BCUT2D eigenvalue weighted by molar-refractivity contribution is 6.43. The fourth-order valence-corrected chi connectivity index (χ4v) is 1.84. The van der Waals surface area contributed by atoms with Gasteiger partial charge in [0.2, 0.25) is 0 Å². The van der Waals surface area contributed by atoms with E-state index in [0.29, 0.717) is 21.3 Å². The van der Waals surface area contributed by atoms with Crippen molar-refractivity contribution in [3.63, 3.8) is 0 Å². The summed E-state index contributed by atoms with van der Waals surface area (Å²) in [4.78, 5) is 10.7. The molecule has 102 valence electrons. The maximum atomic E-state index is 10.7. The lowest BCUT2D eigenvalue weighted by molar-refractivity contribution is 0.0697. The molecule has 0 saturated carbocycles. The molecule has 0 atom stereocenters. The van der Waals surface area contributed by atoms with Crippen LogP contribution in [0, 0.1) is 0 Å². The molecule has 2 N–H and O–H groups in total. The first-order valence-corrected chi connectivity index (χ1v) is 6.40. The van der Waals surface area contributed by atoms with E-state index in [2.05, 4.69) is 10.5 Å². The summed E-state index contributed by atoms with van der Waals surface area (Å²) in [6, 6.07) is 11.5. The van der Waals surface area contributed by atoms with Crippen LogP contribution in [0.15, 0.2) is 47.6 Å². The van der Waals surface area contributed by atoms with E-state index < -0.39 is 5.97 Å². The van der Waals surface area contributed by atoms with Gasteiger partial charge in [0.25, 0.3) is 0 Å². The van der Waals surface area contributed by atoms with Crippen LogP contribution in [-0.4, -0.2) is 17.3 Å². The average molecular weight is 309 g/mol. The molecule has 0 spiro atoms. The summed E-state index contributed by atoms with van der Waals surface area (Å²) in [5, 5.41) is 13.7. The van der Waals surface area contributed by atoms with Crippen molar-refractivity contribution in [1.82, 2.24) is 0 Å². The Morgan fingerprint density at radius 1 is 1.15 bits per heavy atom. The van der Waals surface area contributed by atoms with Gasteiger partial charge in [0.1, 0.15) is 0 Å². The molecule has 2 aromatic rings. The molecule has 0 aliphatic rings. The van der Waals surface area contributed by atoms with Crippen LogP contribution >= 0.6 is 23.2 Å². The van der Waals surface area contributed by atoms with Gasteiger partial charge in [-0.15, -0.1) is 0 Å². The Morgan fingerprint density at radius 2 is 1.85 bits per heavy atom. The van der Waals surface area contributed by atoms with Crippen molar-refractivity contribution in [3.8, 4) is 0 Å². The third-order valence-corrected chi connectivity index (χ3v) is 3.34. The van der Waals surface area contributed by atoms with Gasteiger partial charge >= 0.3 is 5.97 Å². The van der Waals surface area contributed by atoms with Crippen molar-refractivity contribution < 1.29 is 9.90 Å². The molecular weight excluding hydrogens is 299 g/mol. The number of anilines is 1. The van der Waals surface area contributed by atoms with Crippen LogP contribution in [0.4, 0.5) is 5.69 Å². The first kappa shape index (κ1) is 14.4. The summed E-state index contributed by atoms with van der Waals surface area (Å²) in [6.45, 7) is 0. The van der Waals surface area contributed by atoms with E-state index in [1.165, 1.54) is 12.1 Å². The number of carbonyl (C=O) groups is 1. The Kier molecular flexibility index (Phi) is 4.61. The first-order valence-electron chi connectivity index (χ1n) is 5.64. The third-order valence-electron chi connectivity index (χ3n) is 2.51. The topological polar surface area (TPSA) is 61.7 Å². The number of rotatable bonds is 4. The van der Waals surface area contributed by atoms with Crippen LogP contribution in [-0.2, 0) is 0 Å². The molecule has 0 aliphatic heterocycles. The zero-order chi connectivity index (χ0) is 14.5. The SMILES string of the molecule is O=C(O)c1ccc(N/N=C/c2cccc(Cl)c2Cl)cc1. The number of halogens is 2. The highest BCUT2D eigenvalue weighted by atomic mass is 35.5. The van der Waals surface area contributed by atoms with Crippen molar-refractivity contribution in [1.29, 1.82) is 0 Å². The summed E-state index contributed by atoms with van der Waals surface area (Å²) in [5.74, 6) is -0.967. The molecule has 2 aromatic carbocycles. The van der Waals surface area contributed by atoms with Crippen LogP contribution in [0.3, 0.4) is 0 Å². The zero-order valence-corrected chi connectivity index (χ0v) is 11.7. The van der Waals surface area contributed by atoms with E-state index >= 15 is 0 Å². The normalized spacial score (nSPS) is 10.7. The quantitative estimate of drug-likeness (QED) is 0.659. The molecule has 0 unspecified atom stereocenters. The summed E-state index contributed by atoms with van der Waals surface area (Å²) >= 11 is 11.9. The van der Waals surface area contributed by atoms with Crippen molar-refractivity contribution >= 4 is 41.1 Å².